The number of carbonyl (C=O) groups excluding carboxylic acids is 3. The molecule has 1 atom stereocenters. The molecule has 184 valence electrons. The second kappa shape index (κ2) is 10.7. The summed E-state index contributed by atoms with van der Waals surface area (Å²) in [6.07, 6.45) is 0.0632. The van der Waals surface area contributed by atoms with Gasteiger partial charge in [-0.25, -0.2) is 4.79 Å². The van der Waals surface area contributed by atoms with Crippen LogP contribution in [0.2, 0.25) is 0 Å². The van der Waals surface area contributed by atoms with Crippen LogP contribution in [-0.4, -0.2) is 41.9 Å². The minimum absolute atomic E-state index is 0.0632. The zero-order valence-electron chi connectivity index (χ0n) is 19.4. The highest BCUT2D eigenvalue weighted by atomic mass is 16.6. The Balaban J connectivity index is 1.43. The molecule has 1 heterocycles. The predicted molar refractivity (Wildman–Crippen MR) is 130 cm³/mol. The van der Waals surface area contributed by atoms with Gasteiger partial charge in [0, 0.05) is 36.3 Å². The van der Waals surface area contributed by atoms with Crippen LogP contribution in [-0.2, 0) is 9.53 Å². The second-order valence-corrected chi connectivity index (χ2v) is 8.03. The normalized spacial score (nSPS) is 14.9. The number of carbonyl (C=O) groups is 3. The molecular formula is C26H23N3O7. The molecule has 1 aliphatic heterocycles. The molecule has 3 aromatic carbocycles. The summed E-state index contributed by atoms with van der Waals surface area (Å²) in [5, 5.41) is 14.0. The van der Waals surface area contributed by atoms with Crippen LogP contribution >= 0.6 is 0 Å². The van der Waals surface area contributed by atoms with Crippen molar-refractivity contribution in [2.75, 3.05) is 18.1 Å². The van der Waals surface area contributed by atoms with Crippen LogP contribution in [0.25, 0.3) is 0 Å². The number of nitro groups is 1. The van der Waals surface area contributed by atoms with E-state index in [1.54, 1.807) is 36.1 Å². The van der Waals surface area contributed by atoms with Crippen LogP contribution in [0.3, 0.4) is 0 Å². The summed E-state index contributed by atoms with van der Waals surface area (Å²) in [5.74, 6) is -0.266. The van der Waals surface area contributed by atoms with E-state index in [0.717, 1.165) is 12.1 Å². The molecule has 0 saturated carbocycles. The molecule has 1 aliphatic rings. The number of amides is 2. The monoisotopic (exact) mass is 489 g/mol. The van der Waals surface area contributed by atoms with Gasteiger partial charge in [-0.1, -0.05) is 18.2 Å². The lowest BCUT2D eigenvalue weighted by Crippen LogP contribution is -2.37. The molecule has 4 rings (SSSR count). The van der Waals surface area contributed by atoms with Crippen molar-refractivity contribution in [3.8, 4) is 11.5 Å². The molecule has 0 aliphatic carbocycles. The molecule has 10 heteroatoms. The number of anilines is 1. The Morgan fingerprint density at radius 3 is 2.36 bits per heavy atom. The Morgan fingerprint density at radius 2 is 1.69 bits per heavy atom. The lowest BCUT2D eigenvalue weighted by Gasteiger charge is -2.18. The Bertz CT molecular complexity index is 1290. The first-order valence-electron chi connectivity index (χ1n) is 11.2. The third-order valence-electron chi connectivity index (χ3n) is 5.49. The van der Waals surface area contributed by atoms with E-state index >= 15 is 0 Å². The number of non-ortho nitro benzene ring substituents is 1. The molecule has 3 aromatic rings. The van der Waals surface area contributed by atoms with Crippen molar-refractivity contribution in [2.24, 2.45) is 0 Å². The maximum atomic E-state index is 12.8. The second-order valence-electron chi connectivity index (χ2n) is 8.03. The van der Waals surface area contributed by atoms with Gasteiger partial charge in [-0.15, -0.1) is 0 Å². The molecule has 0 aromatic heterocycles. The molecular weight excluding hydrogens is 466 g/mol. The summed E-state index contributed by atoms with van der Waals surface area (Å²) in [6, 6.07) is 19.2. The molecule has 0 bridgehead atoms. The molecule has 1 saturated heterocycles. The van der Waals surface area contributed by atoms with Crippen molar-refractivity contribution >= 4 is 29.2 Å². The van der Waals surface area contributed by atoms with E-state index < -0.39 is 28.5 Å². The largest absolute Gasteiger partial charge is 0.462 e. The van der Waals surface area contributed by atoms with Gasteiger partial charge in [0.2, 0.25) is 5.91 Å². The Hall–Kier alpha value is -4.73. The third-order valence-corrected chi connectivity index (χ3v) is 5.49. The number of para-hydroxylation sites is 1. The van der Waals surface area contributed by atoms with Gasteiger partial charge in [0.1, 0.15) is 11.5 Å². The molecule has 1 fully saturated rings. The van der Waals surface area contributed by atoms with Gasteiger partial charge in [0.25, 0.3) is 11.6 Å². The standard InChI is InChI=1S/C26H23N3O7/c1-2-35-26(32)18-12-17(13-21(14-18)29(33)34)25(31)27-19-15-24(30)28(16-19)20-8-10-23(11-9-20)36-22-6-4-3-5-7-22/h3-14,19H,2,15-16H2,1H3,(H,27,31). The highest BCUT2D eigenvalue weighted by Crippen LogP contribution is 2.27. The highest BCUT2D eigenvalue weighted by Gasteiger charge is 2.32. The number of hydrogen-bond acceptors (Lipinski definition) is 7. The van der Waals surface area contributed by atoms with Crippen molar-refractivity contribution in [3.05, 3.63) is 94.0 Å². The summed E-state index contributed by atoms with van der Waals surface area (Å²) in [4.78, 5) is 49.7. The van der Waals surface area contributed by atoms with E-state index in [-0.39, 0.29) is 36.6 Å². The van der Waals surface area contributed by atoms with Crippen LogP contribution in [0.4, 0.5) is 11.4 Å². The molecule has 1 unspecified atom stereocenters. The number of nitro benzene ring substituents is 1. The quantitative estimate of drug-likeness (QED) is 0.287. The highest BCUT2D eigenvalue weighted by molar-refractivity contribution is 6.01. The lowest BCUT2D eigenvalue weighted by atomic mass is 10.1. The zero-order chi connectivity index (χ0) is 25.7. The number of rotatable bonds is 8. The number of esters is 1. The average Bonchev–Trinajstić information content (AvgIpc) is 3.24. The van der Waals surface area contributed by atoms with E-state index in [1.807, 2.05) is 30.3 Å². The van der Waals surface area contributed by atoms with E-state index in [9.17, 15) is 24.5 Å². The number of nitrogens with zero attached hydrogens (tertiary/aromatic N) is 2. The molecule has 0 spiro atoms. The number of nitrogens with one attached hydrogen (secondary N) is 1. The van der Waals surface area contributed by atoms with Gasteiger partial charge < -0.3 is 19.7 Å². The minimum Gasteiger partial charge on any atom is -0.462 e. The smallest absolute Gasteiger partial charge is 0.338 e. The zero-order valence-corrected chi connectivity index (χ0v) is 19.4. The lowest BCUT2D eigenvalue weighted by molar-refractivity contribution is -0.384. The van der Waals surface area contributed by atoms with E-state index in [0.29, 0.717) is 17.2 Å². The van der Waals surface area contributed by atoms with Crippen LogP contribution < -0.4 is 15.0 Å². The van der Waals surface area contributed by atoms with E-state index in [4.69, 9.17) is 9.47 Å². The first-order valence-corrected chi connectivity index (χ1v) is 11.2. The summed E-state index contributed by atoms with van der Waals surface area (Å²) < 4.78 is 10.7. The van der Waals surface area contributed by atoms with Gasteiger partial charge in [0.15, 0.2) is 0 Å². The van der Waals surface area contributed by atoms with Crippen molar-refractivity contribution in [1.29, 1.82) is 0 Å². The summed E-state index contributed by atoms with van der Waals surface area (Å²) >= 11 is 0. The van der Waals surface area contributed by atoms with Gasteiger partial charge in [-0.3, -0.25) is 19.7 Å². The number of hydrogen-bond donors (Lipinski definition) is 1. The SMILES string of the molecule is CCOC(=O)c1cc(C(=O)NC2CC(=O)N(c3ccc(Oc4ccccc4)cc3)C2)cc([N+](=O)[O-])c1. The summed E-state index contributed by atoms with van der Waals surface area (Å²) in [7, 11) is 0. The van der Waals surface area contributed by atoms with Gasteiger partial charge >= 0.3 is 5.97 Å². The topological polar surface area (TPSA) is 128 Å². The fraction of sp³-hybridized carbons (Fsp3) is 0.192. The Morgan fingerprint density at radius 1 is 1.03 bits per heavy atom. The first kappa shape index (κ1) is 24.4. The fourth-order valence-electron chi connectivity index (χ4n) is 3.82. The maximum absolute atomic E-state index is 12.8. The fourth-order valence-corrected chi connectivity index (χ4v) is 3.82. The van der Waals surface area contributed by atoms with Crippen molar-refractivity contribution in [3.63, 3.8) is 0 Å². The van der Waals surface area contributed by atoms with Crippen molar-refractivity contribution in [2.45, 2.75) is 19.4 Å². The molecule has 0 radical (unpaired) electrons. The van der Waals surface area contributed by atoms with Gasteiger partial charge in [-0.2, -0.15) is 0 Å². The van der Waals surface area contributed by atoms with E-state index in [2.05, 4.69) is 5.32 Å². The number of ether oxygens (including phenoxy) is 2. The molecule has 1 N–H and O–H groups in total. The molecule has 10 nitrogen and oxygen atoms in total. The maximum Gasteiger partial charge on any atom is 0.338 e. The average molecular weight is 489 g/mol. The van der Waals surface area contributed by atoms with Gasteiger partial charge in [0.05, 0.1) is 23.1 Å². The van der Waals surface area contributed by atoms with Crippen molar-refractivity contribution in [1.82, 2.24) is 5.32 Å². The van der Waals surface area contributed by atoms with Crippen LogP contribution in [0.5, 0.6) is 11.5 Å². The first-order chi connectivity index (χ1) is 17.3. The molecule has 2 amide bonds. The summed E-state index contributed by atoms with van der Waals surface area (Å²) in [6.45, 7) is 1.92. The number of benzene rings is 3. The van der Waals surface area contributed by atoms with Crippen LogP contribution in [0.15, 0.2) is 72.8 Å². The summed E-state index contributed by atoms with van der Waals surface area (Å²) in [5.41, 5.74) is 0.0726. The van der Waals surface area contributed by atoms with Crippen molar-refractivity contribution < 1.29 is 28.8 Å². The predicted octanol–water partition coefficient (Wildman–Crippen LogP) is 4.10. The minimum atomic E-state index is -0.767. The van der Waals surface area contributed by atoms with Crippen LogP contribution in [0.1, 0.15) is 34.1 Å². The van der Waals surface area contributed by atoms with Crippen LogP contribution in [0, 0.1) is 10.1 Å². The Kier molecular flexibility index (Phi) is 7.24. The van der Waals surface area contributed by atoms with Gasteiger partial charge in [-0.05, 0) is 49.4 Å². The van der Waals surface area contributed by atoms with E-state index in [1.165, 1.54) is 6.07 Å². The Labute approximate surface area is 206 Å². The molecule has 36 heavy (non-hydrogen) atoms. The third kappa shape index (κ3) is 5.66.